The largest absolute Gasteiger partial charge is 0.493 e. The normalized spacial score (nSPS) is 18.8. The van der Waals surface area contributed by atoms with Crippen LogP contribution < -0.4 is 24.3 Å². The number of methoxy groups -OCH3 is 2. The van der Waals surface area contributed by atoms with Crippen molar-refractivity contribution in [2.75, 3.05) is 39.2 Å². The van der Waals surface area contributed by atoms with E-state index in [4.69, 9.17) is 23.7 Å². The third kappa shape index (κ3) is 8.24. The first kappa shape index (κ1) is 38.1. The molecule has 3 amide bonds. The van der Waals surface area contributed by atoms with Gasteiger partial charge in [-0.3, -0.25) is 35.0 Å². The number of ether oxygens (including phenoxy) is 5. The molecular formula is C40H42AlN5O8S. The molecule has 7 rings (SSSR count). The van der Waals surface area contributed by atoms with E-state index in [9.17, 15) is 14.4 Å². The van der Waals surface area contributed by atoms with Crippen molar-refractivity contribution in [3.63, 3.8) is 0 Å². The summed E-state index contributed by atoms with van der Waals surface area (Å²) in [5.41, 5.74) is 5.70. The number of nitrogens with zero attached hydrogens (tertiary/aromatic N) is 4. The Hall–Kier alpha value is -5.23. The Kier molecular flexibility index (Phi) is 11.2. The molecule has 0 unspecified atom stereocenters. The Balaban J connectivity index is 1.13. The maximum absolute atomic E-state index is 13.5. The van der Waals surface area contributed by atoms with Gasteiger partial charge in [0.05, 0.1) is 48.8 Å². The molecule has 0 aromatic heterocycles. The Morgan fingerprint density at radius 2 is 1.31 bits per heavy atom. The van der Waals surface area contributed by atoms with E-state index in [2.05, 4.69) is 28.5 Å². The summed E-state index contributed by atoms with van der Waals surface area (Å²) in [6.45, 7) is 11.5. The average Bonchev–Trinajstić information content (AvgIpc) is 3.69. The van der Waals surface area contributed by atoms with Gasteiger partial charge in [-0.15, -0.1) is 0 Å². The maximum Gasteiger partial charge on any atom is 0.411 e. The first-order valence-corrected chi connectivity index (χ1v) is 21.6. The second-order valence-corrected chi connectivity index (χ2v) is 16.6. The van der Waals surface area contributed by atoms with Crippen molar-refractivity contribution in [2.24, 2.45) is 9.98 Å². The summed E-state index contributed by atoms with van der Waals surface area (Å²) in [7, 11) is 4.77. The number of hydrogen-bond donors (Lipinski definition) is 1. The van der Waals surface area contributed by atoms with Crippen molar-refractivity contribution in [1.82, 2.24) is 9.80 Å². The topological polar surface area (TPSA) is 141 Å². The van der Waals surface area contributed by atoms with E-state index < -0.39 is 6.09 Å². The predicted octanol–water partition coefficient (Wildman–Crippen LogP) is 6.05. The van der Waals surface area contributed by atoms with Gasteiger partial charge < -0.3 is 33.5 Å². The summed E-state index contributed by atoms with van der Waals surface area (Å²) in [4.78, 5) is 52.5. The van der Waals surface area contributed by atoms with Gasteiger partial charge in [0, 0.05) is 48.6 Å². The second kappa shape index (κ2) is 16.2. The number of aliphatic imine (C=N–C) groups is 2. The molecule has 55 heavy (non-hydrogen) atoms. The summed E-state index contributed by atoms with van der Waals surface area (Å²) < 4.78 is 29.4. The number of carbonyl (C=O) groups excluding carboxylic acids is 3. The molecule has 3 aromatic rings. The standard InChI is InChI=1S/C40H41N5O8S.Al.2H/c1-22-6-28-15-41-32-13-36(34(49-4)11-30(32)38(46)44(28)17-22)51-20-25-8-26(10-27(9-25)43-40(48)53-19-24(3)54)21-52-37-14-33-31(12-35(37)50-5)39(47)45-18-23(2)7-29(45)16-42-33;;;/h8-16,24,28-29,54H,1-2,6-7,17-21H2,3-5H3,(H,43,48);;;/q;+1;;/p-1/t24-,28+,29+;;;/m1.../s1. The van der Waals surface area contributed by atoms with Gasteiger partial charge in [-0.25, -0.2) is 4.79 Å². The number of hydrogen-bond acceptors (Lipinski definition) is 11. The van der Waals surface area contributed by atoms with Gasteiger partial charge in [-0.1, -0.05) is 31.2 Å². The van der Waals surface area contributed by atoms with Crippen LogP contribution in [0.25, 0.3) is 0 Å². The monoisotopic (exact) mass is 779 g/mol. The van der Waals surface area contributed by atoms with E-state index in [1.54, 1.807) is 68.8 Å². The Morgan fingerprint density at radius 3 is 1.76 bits per heavy atom. The Labute approximate surface area is 330 Å². The van der Waals surface area contributed by atoms with E-state index in [1.165, 1.54) is 14.2 Å². The van der Waals surface area contributed by atoms with Crippen LogP contribution >= 0.6 is 10.1 Å². The molecular weight excluding hydrogens is 738 g/mol. The first-order chi connectivity index (χ1) is 26.5. The van der Waals surface area contributed by atoms with Crippen molar-refractivity contribution in [3.05, 3.63) is 89.0 Å². The van der Waals surface area contributed by atoms with Gasteiger partial charge in [0.1, 0.15) is 19.8 Å². The molecule has 3 atom stereocenters. The van der Waals surface area contributed by atoms with Gasteiger partial charge in [-0.2, -0.15) is 0 Å². The third-order valence-electron chi connectivity index (χ3n) is 9.84. The molecule has 0 saturated carbocycles. The highest BCUT2D eigenvalue weighted by Crippen LogP contribution is 2.40. The highest BCUT2D eigenvalue weighted by molar-refractivity contribution is 8.20. The van der Waals surface area contributed by atoms with Crippen LogP contribution in [-0.4, -0.2) is 107 Å². The van der Waals surface area contributed by atoms with Gasteiger partial charge in [0.25, 0.3) is 11.8 Å². The lowest BCUT2D eigenvalue weighted by Crippen LogP contribution is -2.35. The number of nitrogens with one attached hydrogen (secondary N) is 1. The molecule has 3 aromatic carbocycles. The minimum Gasteiger partial charge on any atom is -0.493 e. The number of amides is 3. The van der Waals surface area contributed by atoms with Gasteiger partial charge in [-0.05, 0) is 54.3 Å². The van der Waals surface area contributed by atoms with Crippen molar-refractivity contribution in [2.45, 2.75) is 50.3 Å². The molecule has 284 valence electrons. The van der Waals surface area contributed by atoms with Crippen LogP contribution in [0.4, 0.5) is 21.9 Å². The second-order valence-electron chi connectivity index (χ2n) is 13.9. The van der Waals surface area contributed by atoms with Crippen LogP contribution in [0.5, 0.6) is 23.0 Å². The number of anilines is 1. The van der Waals surface area contributed by atoms with Crippen LogP contribution in [0.3, 0.4) is 0 Å². The quantitative estimate of drug-likeness (QED) is 0.172. The first-order valence-electron chi connectivity index (χ1n) is 17.9. The highest BCUT2D eigenvalue weighted by atomic mass is 32.3. The van der Waals surface area contributed by atoms with Crippen molar-refractivity contribution < 1.29 is 38.1 Å². The molecule has 0 spiro atoms. The van der Waals surface area contributed by atoms with E-state index in [0.717, 1.165) is 26.3 Å². The van der Waals surface area contributed by atoms with Crippen molar-refractivity contribution in [3.8, 4) is 23.0 Å². The van der Waals surface area contributed by atoms with Crippen molar-refractivity contribution in [1.29, 1.82) is 0 Å². The smallest absolute Gasteiger partial charge is 0.411 e. The predicted molar refractivity (Wildman–Crippen MR) is 215 cm³/mol. The van der Waals surface area contributed by atoms with Crippen LogP contribution in [-0.2, 0) is 18.0 Å². The number of benzene rings is 3. The van der Waals surface area contributed by atoms with Gasteiger partial charge in [0.2, 0.25) is 0 Å². The summed E-state index contributed by atoms with van der Waals surface area (Å²) in [5, 5.41) is 3.03. The van der Waals surface area contributed by atoms with Crippen LogP contribution in [0, 0.1) is 0 Å². The van der Waals surface area contributed by atoms with Crippen LogP contribution in [0.15, 0.2) is 76.8 Å². The van der Waals surface area contributed by atoms with E-state index in [1.807, 2.05) is 13.0 Å². The van der Waals surface area contributed by atoms with E-state index in [0.29, 0.717) is 88.2 Å². The summed E-state index contributed by atoms with van der Waals surface area (Å²) in [6.07, 6.45) is 4.34. The number of carbonyl (C=O) groups is 3. The lowest BCUT2D eigenvalue weighted by Gasteiger charge is -2.20. The molecule has 4 heterocycles. The summed E-state index contributed by atoms with van der Waals surface area (Å²) in [6, 6.07) is 11.9. The van der Waals surface area contributed by atoms with Gasteiger partial charge in [0.15, 0.2) is 23.0 Å². The summed E-state index contributed by atoms with van der Waals surface area (Å²) in [5.74, 6) is 1.29. The zero-order chi connectivity index (χ0) is 38.8. The number of fused-ring (bicyclic) bond motifs is 4. The molecule has 15 heteroatoms. The Morgan fingerprint density at radius 1 is 0.818 bits per heavy atom. The fourth-order valence-corrected chi connectivity index (χ4v) is 7.56. The summed E-state index contributed by atoms with van der Waals surface area (Å²) >= 11 is 0.937. The molecule has 2 saturated heterocycles. The number of rotatable bonds is 12. The van der Waals surface area contributed by atoms with Crippen LogP contribution in [0.1, 0.15) is 51.6 Å². The minimum atomic E-state index is -0.578. The zero-order valence-corrected chi connectivity index (χ0v) is 34.1. The Bertz CT molecular complexity index is 2010. The molecule has 2 fully saturated rings. The highest BCUT2D eigenvalue weighted by Gasteiger charge is 2.35. The molecule has 0 aliphatic carbocycles. The maximum atomic E-state index is 13.5. The zero-order valence-electron chi connectivity index (χ0n) is 31.3. The fourth-order valence-electron chi connectivity index (χ4n) is 6.95. The van der Waals surface area contributed by atoms with Crippen LogP contribution in [0.2, 0.25) is 0 Å². The minimum absolute atomic E-state index is 0.0795. The molecule has 0 radical (unpaired) electrons. The molecule has 1 N–H and O–H groups in total. The third-order valence-corrected chi connectivity index (χ3v) is 13.2. The molecule has 0 bridgehead atoms. The SMILES string of the molecule is C=C1C[C@H]2C=Nc3cc(OCc4cc(COc5cc6c(cc5OC)C(=O)N5CC(=C)C[C@H]5C=N6)cc(NC(=O)OC[C@@H](C)[S][AlH2])c4)c(OC)cc3C(=O)N2C1. The van der Waals surface area contributed by atoms with E-state index in [-0.39, 0.29) is 49.0 Å². The molecule has 4 aliphatic rings. The fraction of sp³-hybridized carbons (Fsp3) is 0.325. The molecule has 4 aliphatic heterocycles. The lowest BCUT2D eigenvalue weighted by molar-refractivity contribution is 0.0769. The van der Waals surface area contributed by atoms with Gasteiger partial charge >= 0.3 is 21.3 Å². The average molecular weight is 780 g/mol. The van der Waals surface area contributed by atoms with E-state index >= 15 is 0 Å². The van der Waals surface area contributed by atoms with Crippen molar-refractivity contribution >= 4 is 72.7 Å². The molecule has 13 nitrogen and oxygen atoms in total. The lowest BCUT2D eigenvalue weighted by atomic mass is 10.1.